The molecule has 0 aromatic rings. The van der Waals surface area contributed by atoms with Crippen molar-refractivity contribution in [1.29, 1.82) is 0 Å². The van der Waals surface area contributed by atoms with Gasteiger partial charge in [0.15, 0.2) is 0 Å². The van der Waals surface area contributed by atoms with Gasteiger partial charge < -0.3 is 31.9 Å². The molecular formula is C48H108N3O3P. The molecule has 0 rings (SSSR count). The van der Waals surface area contributed by atoms with Crippen LogP contribution >= 0.6 is 8.60 Å². The van der Waals surface area contributed by atoms with Crippen LogP contribution in [-0.2, 0) is 0 Å². The quantitative estimate of drug-likeness (QED) is 0.0268. The number of hydrogen-bond donors (Lipinski definition) is 6. The maximum Gasteiger partial charge on any atom is 0.324 e. The van der Waals surface area contributed by atoms with Gasteiger partial charge >= 0.3 is 8.60 Å². The Balaban J connectivity index is -0.000000337. The first kappa shape index (κ1) is 61.8. The van der Waals surface area contributed by atoms with Crippen molar-refractivity contribution in [2.45, 2.75) is 290 Å². The predicted molar refractivity (Wildman–Crippen MR) is 252 cm³/mol. The summed E-state index contributed by atoms with van der Waals surface area (Å²) in [4.78, 5) is 21.7. The molecule has 338 valence electrons. The Morgan fingerprint density at radius 3 is 0.400 bits per heavy atom. The standard InChI is InChI=1S/3C16H35N.H3O3P/c3*1-2-3-4-5-6-7-8-9-10-11-12-13-14-15-16-17;1-4(2)3/h3*2-17H2,1H3;1-3H. The third-order valence-electron chi connectivity index (χ3n) is 10.7. The van der Waals surface area contributed by atoms with Crippen LogP contribution in [0.2, 0.25) is 0 Å². The fourth-order valence-electron chi connectivity index (χ4n) is 7.02. The van der Waals surface area contributed by atoms with Crippen LogP contribution in [-0.4, -0.2) is 34.3 Å². The lowest BCUT2D eigenvalue weighted by Crippen LogP contribution is -1.97. The van der Waals surface area contributed by atoms with Crippen LogP contribution in [0.25, 0.3) is 0 Å². The summed E-state index contributed by atoms with van der Waals surface area (Å²) in [5, 5.41) is 0. The maximum atomic E-state index is 7.23. The largest absolute Gasteiger partial charge is 0.330 e. The zero-order chi connectivity index (χ0) is 41.4. The highest BCUT2D eigenvalue weighted by Crippen LogP contribution is 2.15. The number of hydrogen-bond acceptors (Lipinski definition) is 6. The Morgan fingerprint density at radius 2 is 0.309 bits per heavy atom. The lowest BCUT2D eigenvalue weighted by molar-refractivity contribution is 0.368. The van der Waals surface area contributed by atoms with Gasteiger partial charge in [-0.05, 0) is 38.9 Å². The first-order valence-corrected chi connectivity index (χ1v) is 26.1. The maximum absolute atomic E-state index is 7.23. The average molecular weight is 806 g/mol. The molecule has 6 nitrogen and oxygen atoms in total. The molecule has 0 aromatic heterocycles. The van der Waals surface area contributed by atoms with Gasteiger partial charge in [0.05, 0.1) is 0 Å². The van der Waals surface area contributed by atoms with E-state index in [0.717, 1.165) is 19.6 Å². The highest BCUT2D eigenvalue weighted by molar-refractivity contribution is 7.38. The van der Waals surface area contributed by atoms with Crippen molar-refractivity contribution < 1.29 is 14.7 Å². The van der Waals surface area contributed by atoms with Crippen LogP contribution in [0.1, 0.15) is 290 Å². The normalized spacial score (nSPS) is 10.8. The molecule has 0 aliphatic rings. The van der Waals surface area contributed by atoms with Crippen molar-refractivity contribution in [1.82, 2.24) is 0 Å². The van der Waals surface area contributed by atoms with Gasteiger partial charge in [0.25, 0.3) is 0 Å². The lowest BCUT2D eigenvalue weighted by Gasteiger charge is -2.02. The van der Waals surface area contributed by atoms with Crippen LogP contribution in [0.4, 0.5) is 0 Å². The molecule has 0 fully saturated rings. The van der Waals surface area contributed by atoms with E-state index in [1.165, 1.54) is 270 Å². The van der Waals surface area contributed by atoms with Gasteiger partial charge in [-0.3, -0.25) is 0 Å². The smallest absolute Gasteiger partial charge is 0.324 e. The van der Waals surface area contributed by atoms with E-state index in [-0.39, 0.29) is 0 Å². The van der Waals surface area contributed by atoms with Crippen molar-refractivity contribution >= 4 is 8.60 Å². The Labute approximate surface area is 349 Å². The summed E-state index contributed by atoms with van der Waals surface area (Å²) in [7, 11) is -2.62. The van der Waals surface area contributed by atoms with Crippen LogP contribution in [0.15, 0.2) is 0 Å². The molecule has 0 atom stereocenters. The summed E-state index contributed by atoms with van der Waals surface area (Å²) in [5.41, 5.74) is 16.4. The van der Waals surface area contributed by atoms with Crippen LogP contribution in [0, 0.1) is 0 Å². The summed E-state index contributed by atoms with van der Waals surface area (Å²) >= 11 is 0. The van der Waals surface area contributed by atoms with Gasteiger partial charge in [-0.1, -0.05) is 271 Å². The number of nitrogens with two attached hydrogens (primary N) is 3. The molecule has 55 heavy (non-hydrogen) atoms. The van der Waals surface area contributed by atoms with E-state index in [1.807, 2.05) is 0 Å². The topological polar surface area (TPSA) is 139 Å². The second kappa shape index (κ2) is 66.0. The SMILES string of the molecule is CCCCCCCCCCCCCCCCN.CCCCCCCCCCCCCCCCN.CCCCCCCCCCCCCCCCN.OP(O)O. The summed E-state index contributed by atoms with van der Waals surface area (Å²) in [6, 6.07) is 0. The fourth-order valence-corrected chi connectivity index (χ4v) is 7.02. The van der Waals surface area contributed by atoms with Crippen molar-refractivity contribution in [2.24, 2.45) is 17.2 Å². The average Bonchev–Trinajstić information content (AvgIpc) is 3.17. The molecule has 9 N–H and O–H groups in total. The van der Waals surface area contributed by atoms with E-state index in [2.05, 4.69) is 20.8 Å². The van der Waals surface area contributed by atoms with Crippen molar-refractivity contribution in [2.75, 3.05) is 19.6 Å². The van der Waals surface area contributed by atoms with E-state index in [9.17, 15) is 0 Å². The second-order valence-corrected chi connectivity index (χ2v) is 17.0. The summed E-state index contributed by atoms with van der Waals surface area (Å²) < 4.78 is 0. The van der Waals surface area contributed by atoms with Crippen LogP contribution < -0.4 is 17.2 Å². The fraction of sp³-hybridized carbons (Fsp3) is 1.00. The van der Waals surface area contributed by atoms with Gasteiger partial charge in [0, 0.05) is 0 Å². The van der Waals surface area contributed by atoms with Crippen molar-refractivity contribution in [3.05, 3.63) is 0 Å². The Morgan fingerprint density at radius 1 is 0.218 bits per heavy atom. The first-order chi connectivity index (χ1) is 27.0. The third kappa shape index (κ3) is 82.9. The monoisotopic (exact) mass is 806 g/mol. The van der Waals surface area contributed by atoms with E-state index in [4.69, 9.17) is 31.9 Å². The number of unbranched alkanes of at least 4 members (excludes halogenated alkanes) is 39. The van der Waals surface area contributed by atoms with E-state index < -0.39 is 8.60 Å². The summed E-state index contributed by atoms with van der Waals surface area (Å²) in [6.07, 6.45) is 59.6. The van der Waals surface area contributed by atoms with E-state index in [0.29, 0.717) is 0 Å². The molecule has 0 unspecified atom stereocenters. The van der Waals surface area contributed by atoms with E-state index >= 15 is 0 Å². The summed E-state index contributed by atoms with van der Waals surface area (Å²) in [5.74, 6) is 0. The van der Waals surface area contributed by atoms with Gasteiger partial charge in [0.2, 0.25) is 0 Å². The minimum atomic E-state index is -2.62. The molecule has 0 aliphatic heterocycles. The molecule has 0 aromatic carbocycles. The Kier molecular flexibility index (Phi) is 74.2. The molecule has 7 heteroatoms. The zero-order valence-corrected chi connectivity index (χ0v) is 39.2. The lowest BCUT2D eigenvalue weighted by atomic mass is 10.0. The van der Waals surface area contributed by atoms with Crippen molar-refractivity contribution in [3.8, 4) is 0 Å². The Bertz CT molecular complexity index is 458. The third-order valence-corrected chi connectivity index (χ3v) is 10.7. The van der Waals surface area contributed by atoms with Crippen LogP contribution in [0.3, 0.4) is 0 Å². The zero-order valence-electron chi connectivity index (χ0n) is 38.3. The highest BCUT2D eigenvalue weighted by Gasteiger charge is 1.96. The molecule has 0 saturated heterocycles. The van der Waals surface area contributed by atoms with Crippen LogP contribution in [0.5, 0.6) is 0 Å². The van der Waals surface area contributed by atoms with Gasteiger partial charge in [-0.2, -0.15) is 0 Å². The molecule has 0 saturated carbocycles. The van der Waals surface area contributed by atoms with Crippen molar-refractivity contribution in [3.63, 3.8) is 0 Å². The molecule has 0 bridgehead atoms. The second-order valence-electron chi connectivity index (χ2n) is 16.4. The molecule has 0 spiro atoms. The molecule has 0 aliphatic carbocycles. The first-order valence-electron chi connectivity index (χ1n) is 24.9. The molecule has 0 heterocycles. The highest BCUT2D eigenvalue weighted by atomic mass is 31.2. The minimum absolute atomic E-state index is 0.873. The molecule has 0 amide bonds. The summed E-state index contributed by atoms with van der Waals surface area (Å²) in [6.45, 7) is 9.47. The number of rotatable bonds is 42. The van der Waals surface area contributed by atoms with Gasteiger partial charge in [-0.15, -0.1) is 0 Å². The predicted octanol–water partition coefficient (Wildman–Crippen LogP) is 15.5. The molecule has 0 radical (unpaired) electrons. The Hall–Kier alpha value is 0.190. The van der Waals surface area contributed by atoms with Gasteiger partial charge in [-0.25, -0.2) is 0 Å². The molecular weight excluding hydrogens is 698 g/mol. The minimum Gasteiger partial charge on any atom is -0.330 e. The van der Waals surface area contributed by atoms with E-state index in [1.54, 1.807) is 0 Å². The van der Waals surface area contributed by atoms with Gasteiger partial charge in [0.1, 0.15) is 0 Å².